The van der Waals surface area contributed by atoms with E-state index in [1.807, 2.05) is 24.3 Å². The van der Waals surface area contributed by atoms with E-state index in [0.717, 1.165) is 31.6 Å². The number of rotatable bonds is 6. The summed E-state index contributed by atoms with van der Waals surface area (Å²) in [6.45, 7) is 1.33. The van der Waals surface area contributed by atoms with Crippen LogP contribution in [0.2, 0.25) is 15.1 Å². The van der Waals surface area contributed by atoms with Gasteiger partial charge in [-0.3, -0.25) is 9.59 Å². The maximum Gasteiger partial charge on any atom is 0.262 e. The number of piperidine rings is 1. The molecule has 29 heavy (non-hydrogen) atoms. The molecule has 154 valence electrons. The summed E-state index contributed by atoms with van der Waals surface area (Å²) in [6.07, 6.45) is 1.50. The van der Waals surface area contributed by atoms with E-state index in [2.05, 4.69) is 10.2 Å². The third-order valence-corrected chi connectivity index (χ3v) is 5.76. The van der Waals surface area contributed by atoms with Crippen LogP contribution in [0.15, 0.2) is 36.4 Å². The molecule has 3 N–H and O–H groups in total. The Labute approximate surface area is 183 Å². The van der Waals surface area contributed by atoms with Crippen molar-refractivity contribution in [3.05, 3.63) is 51.5 Å². The second kappa shape index (κ2) is 9.57. The summed E-state index contributed by atoms with van der Waals surface area (Å²) in [4.78, 5) is 25.6. The normalized spacial score (nSPS) is 14.5. The number of primary amides is 1. The van der Waals surface area contributed by atoms with Crippen molar-refractivity contribution in [2.75, 3.05) is 29.9 Å². The summed E-state index contributed by atoms with van der Waals surface area (Å²) in [6, 6.07) is 10.4. The van der Waals surface area contributed by atoms with Crippen molar-refractivity contribution in [1.82, 2.24) is 0 Å². The highest BCUT2D eigenvalue weighted by Crippen LogP contribution is 2.33. The van der Waals surface area contributed by atoms with Crippen molar-refractivity contribution >= 4 is 58.0 Å². The van der Waals surface area contributed by atoms with Gasteiger partial charge in [-0.1, -0.05) is 34.8 Å². The molecule has 1 saturated heterocycles. The zero-order chi connectivity index (χ0) is 21.0. The molecule has 0 bridgehead atoms. The minimum Gasteiger partial charge on any atom is -0.482 e. The number of nitrogens with one attached hydrogen (secondary N) is 1. The van der Waals surface area contributed by atoms with E-state index in [1.54, 1.807) is 0 Å². The van der Waals surface area contributed by atoms with Gasteiger partial charge in [0.1, 0.15) is 5.75 Å². The Hall–Kier alpha value is -2.15. The molecular formula is C20H20Cl3N3O3. The Bertz CT molecular complexity index is 898. The van der Waals surface area contributed by atoms with Crippen molar-refractivity contribution in [3.63, 3.8) is 0 Å². The molecule has 1 fully saturated rings. The van der Waals surface area contributed by atoms with Crippen LogP contribution in [-0.2, 0) is 9.59 Å². The topological polar surface area (TPSA) is 84.7 Å². The Balaban J connectivity index is 1.51. The Morgan fingerprint density at radius 2 is 1.66 bits per heavy atom. The SMILES string of the molecule is NC(=O)C1CCN(c2ccc(NC(=O)COc3cc(Cl)c(Cl)cc3Cl)cc2)CC1. The van der Waals surface area contributed by atoms with Crippen molar-refractivity contribution in [2.24, 2.45) is 11.7 Å². The summed E-state index contributed by atoms with van der Waals surface area (Å²) in [5, 5.41) is 3.64. The Morgan fingerprint density at radius 1 is 1.03 bits per heavy atom. The molecule has 0 atom stereocenters. The molecule has 1 aliphatic rings. The van der Waals surface area contributed by atoms with E-state index in [-0.39, 0.29) is 35.1 Å². The zero-order valence-corrected chi connectivity index (χ0v) is 17.7. The largest absolute Gasteiger partial charge is 0.482 e. The highest BCUT2D eigenvalue weighted by atomic mass is 35.5. The van der Waals surface area contributed by atoms with Gasteiger partial charge >= 0.3 is 0 Å². The molecule has 0 saturated carbocycles. The summed E-state index contributed by atoms with van der Waals surface area (Å²) in [5.41, 5.74) is 7.05. The Morgan fingerprint density at radius 3 is 2.28 bits per heavy atom. The molecule has 0 aromatic heterocycles. The van der Waals surface area contributed by atoms with E-state index in [1.165, 1.54) is 12.1 Å². The molecule has 0 aliphatic carbocycles. The fraction of sp³-hybridized carbons (Fsp3) is 0.300. The van der Waals surface area contributed by atoms with Gasteiger partial charge in [0.05, 0.1) is 15.1 Å². The van der Waals surface area contributed by atoms with E-state index in [4.69, 9.17) is 45.3 Å². The first-order valence-electron chi connectivity index (χ1n) is 9.05. The van der Waals surface area contributed by atoms with E-state index < -0.39 is 0 Å². The van der Waals surface area contributed by atoms with Gasteiger partial charge in [0.25, 0.3) is 5.91 Å². The molecule has 0 unspecified atom stereocenters. The number of hydrogen-bond donors (Lipinski definition) is 2. The average molecular weight is 457 g/mol. The molecule has 1 heterocycles. The molecule has 9 heteroatoms. The third kappa shape index (κ3) is 5.69. The predicted octanol–water partition coefficient (Wildman–Crippen LogP) is 4.37. The molecule has 3 rings (SSSR count). The average Bonchev–Trinajstić information content (AvgIpc) is 2.70. The summed E-state index contributed by atoms with van der Waals surface area (Å²) in [7, 11) is 0. The van der Waals surface area contributed by atoms with Crippen LogP contribution in [0.1, 0.15) is 12.8 Å². The molecule has 2 amide bonds. The van der Waals surface area contributed by atoms with Gasteiger partial charge in [0, 0.05) is 36.4 Å². The number of carbonyl (C=O) groups is 2. The van der Waals surface area contributed by atoms with Gasteiger partial charge in [-0.2, -0.15) is 0 Å². The molecule has 6 nitrogen and oxygen atoms in total. The number of nitrogens with two attached hydrogens (primary N) is 1. The lowest BCUT2D eigenvalue weighted by Crippen LogP contribution is -2.38. The maximum atomic E-state index is 12.1. The monoisotopic (exact) mass is 455 g/mol. The highest BCUT2D eigenvalue weighted by molar-refractivity contribution is 6.43. The van der Waals surface area contributed by atoms with Crippen LogP contribution >= 0.6 is 34.8 Å². The number of carbonyl (C=O) groups excluding carboxylic acids is 2. The zero-order valence-electron chi connectivity index (χ0n) is 15.5. The van der Waals surface area contributed by atoms with Crippen LogP contribution < -0.4 is 20.7 Å². The van der Waals surface area contributed by atoms with Crippen molar-refractivity contribution < 1.29 is 14.3 Å². The second-order valence-electron chi connectivity index (χ2n) is 6.74. The number of nitrogens with zero attached hydrogens (tertiary/aromatic N) is 1. The fourth-order valence-electron chi connectivity index (χ4n) is 3.13. The number of amides is 2. The maximum absolute atomic E-state index is 12.1. The lowest BCUT2D eigenvalue weighted by molar-refractivity contribution is -0.122. The molecule has 0 spiro atoms. The van der Waals surface area contributed by atoms with Gasteiger partial charge in [-0.05, 0) is 43.2 Å². The van der Waals surface area contributed by atoms with Crippen molar-refractivity contribution in [3.8, 4) is 5.75 Å². The number of benzene rings is 2. The van der Waals surface area contributed by atoms with E-state index in [0.29, 0.717) is 15.7 Å². The van der Waals surface area contributed by atoms with Gasteiger partial charge in [0.15, 0.2) is 6.61 Å². The summed E-state index contributed by atoms with van der Waals surface area (Å²) >= 11 is 17.8. The first-order chi connectivity index (χ1) is 13.8. The van der Waals surface area contributed by atoms with Crippen LogP contribution in [0.3, 0.4) is 0 Å². The van der Waals surface area contributed by atoms with E-state index >= 15 is 0 Å². The van der Waals surface area contributed by atoms with Gasteiger partial charge in [0.2, 0.25) is 5.91 Å². The second-order valence-corrected chi connectivity index (χ2v) is 7.97. The summed E-state index contributed by atoms with van der Waals surface area (Å²) < 4.78 is 5.42. The number of ether oxygens (including phenoxy) is 1. The van der Waals surface area contributed by atoms with Gasteiger partial charge in [-0.25, -0.2) is 0 Å². The van der Waals surface area contributed by atoms with Gasteiger partial charge in [-0.15, -0.1) is 0 Å². The standard InChI is InChI=1S/C20H20Cl3N3O3/c21-15-9-17(23)18(10-16(15)22)29-11-19(27)25-13-1-3-14(4-2-13)26-7-5-12(6-8-26)20(24)28/h1-4,9-10,12H,5-8,11H2,(H2,24,28)(H,25,27). The highest BCUT2D eigenvalue weighted by Gasteiger charge is 2.23. The van der Waals surface area contributed by atoms with Crippen LogP contribution in [0.4, 0.5) is 11.4 Å². The first kappa shape index (κ1) is 21.6. The predicted molar refractivity (Wildman–Crippen MR) is 116 cm³/mol. The number of hydrogen-bond acceptors (Lipinski definition) is 4. The fourth-order valence-corrected chi connectivity index (χ4v) is 3.72. The number of halogens is 3. The third-order valence-electron chi connectivity index (χ3n) is 4.75. The quantitative estimate of drug-likeness (QED) is 0.632. The molecular weight excluding hydrogens is 437 g/mol. The van der Waals surface area contributed by atoms with E-state index in [9.17, 15) is 9.59 Å². The molecule has 1 aliphatic heterocycles. The first-order valence-corrected chi connectivity index (χ1v) is 10.2. The molecule has 2 aromatic rings. The smallest absolute Gasteiger partial charge is 0.262 e. The minimum absolute atomic E-state index is 0.0474. The van der Waals surface area contributed by atoms with Crippen LogP contribution in [-0.4, -0.2) is 31.5 Å². The summed E-state index contributed by atoms with van der Waals surface area (Å²) in [5.74, 6) is -0.325. The lowest BCUT2D eigenvalue weighted by Gasteiger charge is -2.32. The van der Waals surface area contributed by atoms with Crippen molar-refractivity contribution in [2.45, 2.75) is 12.8 Å². The Kier molecular flexibility index (Phi) is 7.11. The van der Waals surface area contributed by atoms with Crippen LogP contribution in [0.25, 0.3) is 0 Å². The van der Waals surface area contributed by atoms with Gasteiger partial charge < -0.3 is 20.7 Å². The van der Waals surface area contributed by atoms with Crippen molar-refractivity contribution in [1.29, 1.82) is 0 Å². The number of anilines is 2. The minimum atomic E-state index is -0.331. The lowest BCUT2D eigenvalue weighted by atomic mass is 9.96. The van der Waals surface area contributed by atoms with Crippen LogP contribution in [0.5, 0.6) is 5.75 Å². The van der Waals surface area contributed by atoms with Crippen LogP contribution in [0, 0.1) is 5.92 Å². The molecule has 2 aromatic carbocycles. The molecule has 0 radical (unpaired) electrons.